The molecule has 2 aromatic heterocycles. The van der Waals surface area contributed by atoms with Gasteiger partial charge in [-0.2, -0.15) is 0 Å². The Balaban J connectivity index is 2.49. The third kappa shape index (κ3) is 2.26. The summed E-state index contributed by atoms with van der Waals surface area (Å²) in [5, 5.41) is 0.769. The Kier molecular flexibility index (Phi) is 3.72. The van der Waals surface area contributed by atoms with Crippen LogP contribution >= 0.6 is 11.3 Å². The highest BCUT2D eigenvalue weighted by Gasteiger charge is 2.18. The molecule has 0 aliphatic heterocycles. The second-order valence-corrected chi connectivity index (χ2v) is 4.79. The molecule has 0 unspecified atom stereocenters. The number of carbonyl (C=O) groups is 1. The van der Waals surface area contributed by atoms with Gasteiger partial charge in [-0.05, 0) is 25.0 Å². The van der Waals surface area contributed by atoms with Crippen LogP contribution in [0.4, 0.5) is 0 Å². The average molecular weight is 262 g/mol. The zero-order chi connectivity index (χ0) is 13.1. The summed E-state index contributed by atoms with van der Waals surface area (Å²) in [6.07, 6.45) is 2.62. The first-order chi connectivity index (χ1) is 8.67. The van der Waals surface area contributed by atoms with Crippen LogP contribution in [0.2, 0.25) is 0 Å². The number of methoxy groups -OCH3 is 1. The van der Waals surface area contributed by atoms with Gasteiger partial charge in [-0.3, -0.25) is 4.98 Å². The topological polar surface area (TPSA) is 52.1 Å². The van der Waals surface area contributed by atoms with Crippen molar-refractivity contribution in [2.24, 2.45) is 0 Å². The summed E-state index contributed by atoms with van der Waals surface area (Å²) >= 11 is 1.33. The van der Waals surface area contributed by atoms with E-state index in [1.165, 1.54) is 18.4 Å². The van der Waals surface area contributed by atoms with Gasteiger partial charge in [0.25, 0.3) is 0 Å². The van der Waals surface area contributed by atoms with Crippen molar-refractivity contribution in [1.29, 1.82) is 0 Å². The number of hydrogen-bond acceptors (Lipinski definition) is 5. The standard InChI is InChI=1S/C13H14N2O2S/c1-4-9-6-5-7-14-10(9)12-15-8(2)11(18-12)13(16)17-3/h5-7H,4H2,1-3H3. The van der Waals surface area contributed by atoms with E-state index in [2.05, 4.69) is 16.9 Å². The van der Waals surface area contributed by atoms with Crippen LogP contribution in [0.5, 0.6) is 0 Å². The molecular weight excluding hydrogens is 248 g/mol. The minimum absolute atomic E-state index is 0.342. The van der Waals surface area contributed by atoms with Gasteiger partial charge in [-0.1, -0.05) is 13.0 Å². The van der Waals surface area contributed by atoms with Crippen molar-refractivity contribution in [3.8, 4) is 10.7 Å². The van der Waals surface area contributed by atoms with Crippen molar-refractivity contribution in [2.75, 3.05) is 7.11 Å². The van der Waals surface area contributed by atoms with Gasteiger partial charge >= 0.3 is 5.97 Å². The smallest absolute Gasteiger partial charge is 0.349 e. The fourth-order valence-corrected chi connectivity index (χ4v) is 2.71. The zero-order valence-electron chi connectivity index (χ0n) is 10.6. The van der Waals surface area contributed by atoms with E-state index in [0.29, 0.717) is 10.6 Å². The maximum Gasteiger partial charge on any atom is 0.349 e. The molecule has 0 spiro atoms. The summed E-state index contributed by atoms with van der Waals surface area (Å²) < 4.78 is 4.73. The number of pyridine rings is 1. The first kappa shape index (κ1) is 12.7. The van der Waals surface area contributed by atoms with Crippen LogP contribution in [0, 0.1) is 6.92 Å². The lowest BCUT2D eigenvalue weighted by atomic mass is 10.1. The highest BCUT2D eigenvalue weighted by molar-refractivity contribution is 7.17. The minimum Gasteiger partial charge on any atom is -0.465 e. The van der Waals surface area contributed by atoms with Crippen molar-refractivity contribution in [3.63, 3.8) is 0 Å². The number of ether oxygens (including phenoxy) is 1. The van der Waals surface area contributed by atoms with Crippen LogP contribution in [0.25, 0.3) is 10.7 Å². The maximum absolute atomic E-state index is 11.6. The molecule has 2 aromatic rings. The third-order valence-corrected chi connectivity index (χ3v) is 3.79. The third-order valence-electron chi connectivity index (χ3n) is 2.64. The van der Waals surface area contributed by atoms with Gasteiger partial charge in [-0.25, -0.2) is 9.78 Å². The van der Waals surface area contributed by atoms with Gasteiger partial charge in [0.05, 0.1) is 12.8 Å². The van der Waals surface area contributed by atoms with E-state index >= 15 is 0 Å². The summed E-state index contributed by atoms with van der Waals surface area (Å²) in [5.74, 6) is -0.342. The second-order valence-electron chi connectivity index (χ2n) is 3.79. The monoisotopic (exact) mass is 262 g/mol. The van der Waals surface area contributed by atoms with Crippen LogP contribution in [-0.4, -0.2) is 23.0 Å². The summed E-state index contributed by atoms with van der Waals surface area (Å²) in [6.45, 7) is 3.88. The number of thiazole rings is 1. The molecule has 0 saturated heterocycles. The summed E-state index contributed by atoms with van der Waals surface area (Å²) in [6, 6.07) is 3.93. The Labute approximate surface area is 110 Å². The Bertz CT molecular complexity index is 578. The Morgan fingerprint density at radius 2 is 2.28 bits per heavy atom. The van der Waals surface area contributed by atoms with E-state index in [4.69, 9.17) is 4.74 Å². The molecular formula is C13H14N2O2S. The molecule has 5 heteroatoms. The summed E-state index contributed by atoms with van der Waals surface area (Å²) in [5.41, 5.74) is 2.67. The van der Waals surface area contributed by atoms with Crippen molar-refractivity contribution >= 4 is 17.3 Å². The average Bonchev–Trinajstić information content (AvgIpc) is 2.79. The lowest BCUT2D eigenvalue weighted by molar-refractivity contribution is 0.0605. The molecule has 0 aliphatic carbocycles. The van der Waals surface area contributed by atoms with E-state index < -0.39 is 0 Å². The summed E-state index contributed by atoms with van der Waals surface area (Å²) in [7, 11) is 1.37. The number of rotatable bonds is 3. The predicted octanol–water partition coefficient (Wildman–Crippen LogP) is 2.86. The zero-order valence-corrected chi connectivity index (χ0v) is 11.4. The number of aromatic nitrogens is 2. The lowest BCUT2D eigenvalue weighted by Gasteiger charge is -2.01. The van der Waals surface area contributed by atoms with Crippen molar-refractivity contribution < 1.29 is 9.53 Å². The van der Waals surface area contributed by atoms with Crippen molar-refractivity contribution in [1.82, 2.24) is 9.97 Å². The highest BCUT2D eigenvalue weighted by atomic mass is 32.1. The second kappa shape index (κ2) is 5.27. The van der Waals surface area contributed by atoms with E-state index in [9.17, 15) is 4.79 Å². The molecule has 0 aliphatic rings. The van der Waals surface area contributed by atoms with Gasteiger partial charge in [0.15, 0.2) is 0 Å². The fraction of sp³-hybridized carbons (Fsp3) is 0.308. The van der Waals surface area contributed by atoms with Crippen LogP contribution in [0.1, 0.15) is 27.9 Å². The number of carbonyl (C=O) groups excluding carboxylic acids is 1. The molecule has 0 radical (unpaired) electrons. The van der Waals surface area contributed by atoms with Gasteiger partial charge in [0.2, 0.25) is 0 Å². The predicted molar refractivity (Wildman–Crippen MR) is 70.8 cm³/mol. The van der Waals surface area contributed by atoms with Crippen LogP contribution in [0.15, 0.2) is 18.3 Å². The fourth-order valence-electron chi connectivity index (χ4n) is 1.70. The van der Waals surface area contributed by atoms with Gasteiger partial charge in [0, 0.05) is 6.20 Å². The van der Waals surface area contributed by atoms with Gasteiger partial charge in [-0.15, -0.1) is 11.3 Å². The van der Waals surface area contributed by atoms with E-state index in [1.807, 2.05) is 12.1 Å². The summed E-state index contributed by atoms with van der Waals surface area (Å²) in [4.78, 5) is 20.9. The maximum atomic E-state index is 11.6. The Morgan fingerprint density at radius 3 is 2.94 bits per heavy atom. The molecule has 0 atom stereocenters. The van der Waals surface area contributed by atoms with E-state index in [-0.39, 0.29) is 5.97 Å². The van der Waals surface area contributed by atoms with E-state index in [1.54, 1.807) is 13.1 Å². The largest absolute Gasteiger partial charge is 0.465 e. The van der Waals surface area contributed by atoms with Crippen molar-refractivity contribution in [2.45, 2.75) is 20.3 Å². The quantitative estimate of drug-likeness (QED) is 0.798. The van der Waals surface area contributed by atoms with Crippen LogP contribution in [0.3, 0.4) is 0 Å². The molecule has 18 heavy (non-hydrogen) atoms. The molecule has 2 heterocycles. The van der Waals surface area contributed by atoms with Crippen LogP contribution in [-0.2, 0) is 11.2 Å². The molecule has 0 saturated carbocycles. The first-order valence-corrected chi connectivity index (χ1v) is 6.49. The SMILES string of the molecule is CCc1cccnc1-c1nc(C)c(C(=O)OC)s1. The minimum atomic E-state index is -0.342. The lowest BCUT2D eigenvalue weighted by Crippen LogP contribution is -1.99. The van der Waals surface area contributed by atoms with E-state index in [0.717, 1.165) is 22.7 Å². The Morgan fingerprint density at radius 1 is 1.50 bits per heavy atom. The van der Waals surface area contributed by atoms with Crippen molar-refractivity contribution in [3.05, 3.63) is 34.5 Å². The number of aryl methyl sites for hydroxylation is 2. The molecule has 94 valence electrons. The Hall–Kier alpha value is -1.75. The number of esters is 1. The van der Waals surface area contributed by atoms with Gasteiger partial charge < -0.3 is 4.74 Å². The number of hydrogen-bond donors (Lipinski definition) is 0. The first-order valence-electron chi connectivity index (χ1n) is 5.67. The van der Waals surface area contributed by atoms with Gasteiger partial charge in [0.1, 0.15) is 15.6 Å². The highest BCUT2D eigenvalue weighted by Crippen LogP contribution is 2.29. The molecule has 0 bridgehead atoms. The molecule has 0 fully saturated rings. The number of nitrogens with zero attached hydrogens (tertiary/aromatic N) is 2. The molecule has 0 aromatic carbocycles. The molecule has 0 N–H and O–H groups in total. The normalized spacial score (nSPS) is 10.4. The molecule has 0 amide bonds. The molecule has 2 rings (SSSR count). The van der Waals surface area contributed by atoms with Crippen LogP contribution < -0.4 is 0 Å². The molecule has 4 nitrogen and oxygen atoms in total.